The van der Waals surface area contributed by atoms with Gasteiger partial charge < -0.3 is 14.6 Å². The Morgan fingerprint density at radius 2 is 2.14 bits per heavy atom. The maximum atomic E-state index is 5.83. The van der Waals surface area contributed by atoms with Crippen molar-refractivity contribution < 1.29 is 9.26 Å². The molecule has 0 aliphatic carbocycles. The number of nitrogens with one attached hydrogen (secondary N) is 1. The molecule has 0 aliphatic heterocycles. The maximum absolute atomic E-state index is 5.83. The minimum absolute atomic E-state index is 0.304. The minimum atomic E-state index is 0.304. The van der Waals surface area contributed by atoms with Gasteiger partial charge >= 0.3 is 0 Å². The van der Waals surface area contributed by atoms with E-state index in [9.17, 15) is 0 Å². The fourth-order valence-electron chi connectivity index (χ4n) is 2.06. The number of hydrogen-bond acceptors (Lipinski definition) is 5. The van der Waals surface area contributed by atoms with Crippen LogP contribution in [0.15, 0.2) is 22.7 Å². The number of nitrogens with zero attached hydrogens (tertiary/aromatic N) is 2. The highest BCUT2D eigenvalue weighted by Crippen LogP contribution is 2.21. The van der Waals surface area contributed by atoms with Crippen LogP contribution in [0.4, 0.5) is 0 Å². The molecule has 5 nitrogen and oxygen atoms in total. The van der Waals surface area contributed by atoms with Crippen molar-refractivity contribution in [2.45, 2.75) is 46.8 Å². The van der Waals surface area contributed by atoms with Gasteiger partial charge in [0.25, 0.3) is 5.89 Å². The molecule has 0 fully saturated rings. The first-order chi connectivity index (χ1) is 10.2. The van der Waals surface area contributed by atoms with E-state index in [1.54, 1.807) is 0 Å². The third kappa shape index (κ3) is 4.56. The van der Waals surface area contributed by atoms with E-state index in [0.717, 1.165) is 43.1 Å². The van der Waals surface area contributed by atoms with E-state index in [0.29, 0.717) is 12.5 Å². The summed E-state index contributed by atoms with van der Waals surface area (Å²) in [5.74, 6) is 2.12. The number of aromatic nitrogens is 2. The van der Waals surface area contributed by atoms with E-state index in [2.05, 4.69) is 42.3 Å². The summed E-state index contributed by atoms with van der Waals surface area (Å²) in [6.07, 6.45) is 1.84. The quantitative estimate of drug-likeness (QED) is 0.809. The van der Waals surface area contributed by atoms with Gasteiger partial charge in [-0.25, -0.2) is 0 Å². The normalized spacial score (nSPS) is 10.8. The van der Waals surface area contributed by atoms with Crippen LogP contribution in [-0.2, 0) is 19.6 Å². The van der Waals surface area contributed by atoms with Crippen molar-refractivity contribution in [3.8, 4) is 5.75 Å². The summed E-state index contributed by atoms with van der Waals surface area (Å²) >= 11 is 0. The monoisotopic (exact) mass is 289 g/mol. The molecule has 0 bridgehead atoms. The van der Waals surface area contributed by atoms with Crippen LogP contribution in [0.2, 0.25) is 0 Å². The van der Waals surface area contributed by atoms with Crippen molar-refractivity contribution in [1.82, 2.24) is 15.5 Å². The summed E-state index contributed by atoms with van der Waals surface area (Å²) in [4.78, 5) is 4.31. The third-order valence-corrected chi connectivity index (χ3v) is 3.12. The molecule has 1 aromatic carbocycles. The smallest absolute Gasteiger partial charge is 0.264 e. The van der Waals surface area contributed by atoms with Crippen LogP contribution in [0, 0.1) is 6.92 Å². The topological polar surface area (TPSA) is 60.2 Å². The van der Waals surface area contributed by atoms with Gasteiger partial charge in [0.2, 0.25) is 0 Å². The molecule has 1 aromatic heterocycles. The van der Waals surface area contributed by atoms with Crippen molar-refractivity contribution in [3.63, 3.8) is 0 Å². The van der Waals surface area contributed by atoms with Gasteiger partial charge in [-0.05, 0) is 26.0 Å². The zero-order chi connectivity index (χ0) is 15.1. The minimum Gasteiger partial charge on any atom is -0.483 e. The summed E-state index contributed by atoms with van der Waals surface area (Å²) in [7, 11) is 0. The van der Waals surface area contributed by atoms with E-state index in [4.69, 9.17) is 9.26 Å². The van der Waals surface area contributed by atoms with Gasteiger partial charge in [0.15, 0.2) is 12.4 Å². The Labute approximate surface area is 125 Å². The highest BCUT2D eigenvalue weighted by atomic mass is 16.5. The summed E-state index contributed by atoms with van der Waals surface area (Å²) < 4.78 is 11.0. The molecular formula is C16H23N3O2. The Kier molecular flexibility index (Phi) is 5.75. The molecular weight excluding hydrogens is 266 g/mol. The molecule has 5 heteroatoms. The largest absolute Gasteiger partial charge is 0.483 e. The molecule has 0 atom stereocenters. The fourth-order valence-corrected chi connectivity index (χ4v) is 2.06. The second-order valence-corrected chi connectivity index (χ2v) is 5.03. The second-order valence-electron chi connectivity index (χ2n) is 5.03. The molecule has 1 N–H and O–H groups in total. The molecule has 0 saturated heterocycles. The Hall–Kier alpha value is -1.88. The van der Waals surface area contributed by atoms with E-state index >= 15 is 0 Å². The Bertz CT molecular complexity index is 566. The van der Waals surface area contributed by atoms with Crippen molar-refractivity contribution >= 4 is 0 Å². The molecule has 0 saturated carbocycles. The van der Waals surface area contributed by atoms with Crippen molar-refractivity contribution in [3.05, 3.63) is 41.0 Å². The Morgan fingerprint density at radius 3 is 2.90 bits per heavy atom. The molecule has 1 heterocycles. The average Bonchev–Trinajstić information content (AvgIpc) is 2.92. The maximum Gasteiger partial charge on any atom is 0.264 e. The van der Waals surface area contributed by atoms with E-state index < -0.39 is 0 Å². The lowest BCUT2D eigenvalue weighted by Crippen LogP contribution is -2.13. The standard InChI is InChI=1S/C16H23N3O2/c1-4-6-15-18-16(21-19-15)11-20-14-8-7-12(3)9-13(14)10-17-5-2/h7-9,17H,4-6,10-11H2,1-3H3. The lowest BCUT2D eigenvalue weighted by atomic mass is 10.1. The lowest BCUT2D eigenvalue weighted by molar-refractivity contribution is 0.240. The van der Waals surface area contributed by atoms with E-state index in [1.807, 2.05) is 12.1 Å². The Morgan fingerprint density at radius 1 is 1.29 bits per heavy atom. The molecule has 0 aliphatic rings. The summed E-state index contributed by atoms with van der Waals surface area (Å²) in [5, 5.41) is 7.25. The van der Waals surface area contributed by atoms with Crippen LogP contribution in [0.25, 0.3) is 0 Å². The predicted octanol–water partition coefficient (Wildman–Crippen LogP) is 3.02. The predicted molar refractivity (Wildman–Crippen MR) is 81.2 cm³/mol. The van der Waals surface area contributed by atoms with Crippen molar-refractivity contribution in [1.29, 1.82) is 0 Å². The Balaban J connectivity index is 2.00. The number of aryl methyl sites for hydroxylation is 2. The molecule has 21 heavy (non-hydrogen) atoms. The first kappa shape index (κ1) is 15.5. The highest BCUT2D eigenvalue weighted by molar-refractivity contribution is 5.36. The molecule has 114 valence electrons. The number of benzene rings is 1. The number of ether oxygens (including phenoxy) is 1. The van der Waals surface area contributed by atoms with Crippen LogP contribution >= 0.6 is 0 Å². The van der Waals surface area contributed by atoms with Crippen LogP contribution in [0.1, 0.15) is 43.1 Å². The molecule has 0 radical (unpaired) electrons. The number of hydrogen-bond donors (Lipinski definition) is 1. The molecule has 0 amide bonds. The van der Waals surface area contributed by atoms with Gasteiger partial charge in [0.05, 0.1) is 0 Å². The van der Waals surface area contributed by atoms with Gasteiger partial charge in [-0.3, -0.25) is 0 Å². The molecule has 2 rings (SSSR count). The number of rotatable bonds is 8. The average molecular weight is 289 g/mol. The van der Waals surface area contributed by atoms with Gasteiger partial charge in [0.1, 0.15) is 5.75 Å². The van der Waals surface area contributed by atoms with Crippen LogP contribution in [0.5, 0.6) is 5.75 Å². The zero-order valence-electron chi connectivity index (χ0n) is 13.0. The summed E-state index contributed by atoms with van der Waals surface area (Å²) in [6, 6.07) is 6.17. The van der Waals surface area contributed by atoms with Gasteiger partial charge in [-0.15, -0.1) is 0 Å². The molecule has 2 aromatic rings. The van der Waals surface area contributed by atoms with Crippen LogP contribution in [-0.4, -0.2) is 16.7 Å². The summed E-state index contributed by atoms with van der Waals surface area (Å²) in [5.41, 5.74) is 2.36. The van der Waals surface area contributed by atoms with Gasteiger partial charge in [-0.1, -0.05) is 36.7 Å². The van der Waals surface area contributed by atoms with Crippen molar-refractivity contribution in [2.24, 2.45) is 0 Å². The SMILES string of the molecule is CCCc1noc(COc2ccc(C)cc2CNCC)n1. The second kappa shape index (κ2) is 7.78. The van der Waals surface area contributed by atoms with E-state index in [1.165, 1.54) is 5.56 Å². The van der Waals surface area contributed by atoms with Crippen molar-refractivity contribution in [2.75, 3.05) is 6.54 Å². The van der Waals surface area contributed by atoms with Crippen LogP contribution < -0.4 is 10.1 Å². The molecule has 0 unspecified atom stereocenters. The summed E-state index contributed by atoms with van der Waals surface area (Å²) in [6.45, 7) is 8.28. The van der Waals surface area contributed by atoms with Crippen LogP contribution in [0.3, 0.4) is 0 Å². The van der Waals surface area contributed by atoms with Gasteiger partial charge in [0, 0.05) is 18.5 Å². The molecule has 0 spiro atoms. The lowest BCUT2D eigenvalue weighted by Gasteiger charge is -2.11. The zero-order valence-corrected chi connectivity index (χ0v) is 13.0. The first-order valence-electron chi connectivity index (χ1n) is 7.47. The third-order valence-electron chi connectivity index (χ3n) is 3.12. The van der Waals surface area contributed by atoms with Gasteiger partial charge in [-0.2, -0.15) is 4.98 Å². The highest BCUT2D eigenvalue weighted by Gasteiger charge is 2.09. The first-order valence-corrected chi connectivity index (χ1v) is 7.47. The fraction of sp³-hybridized carbons (Fsp3) is 0.500. The van der Waals surface area contributed by atoms with E-state index in [-0.39, 0.29) is 0 Å².